The van der Waals surface area contributed by atoms with Crippen molar-refractivity contribution in [1.82, 2.24) is 9.78 Å². The summed E-state index contributed by atoms with van der Waals surface area (Å²) < 4.78 is 1.76. The van der Waals surface area contributed by atoms with Crippen molar-refractivity contribution in [3.05, 3.63) is 41.2 Å². The van der Waals surface area contributed by atoms with Crippen LogP contribution in [0.3, 0.4) is 0 Å². The molecule has 0 amide bonds. The van der Waals surface area contributed by atoms with E-state index in [1.54, 1.807) is 10.9 Å². The zero-order valence-corrected chi connectivity index (χ0v) is 15.1. The molecule has 0 saturated carbocycles. The highest BCUT2D eigenvalue weighted by molar-refractivity contribution is 6.67. The van der Waals surface area contributed by atoms with E-state index < -0.39 is 0 Å². The van der Waals surface area contributed by atoms with E-state index >= 15 is 0 Å². The Kier molecular flexibility index (Phi) is 4.94. The molecule has 1 aliphatic rings. The van der Waals surface area contributed by atoms with Crippen LogP contribution in [0.1, 0.15) is 36.0 Å². The van der Waals surface area contributed by atoms with Crippen molar-refractivity contribution >= 4 is 24.3 Å². The Balaban J connectivity index is 1.93. The summed E-state index contributed by atoms with van der Waals surface area (Å²) >= 11 is 0. The van der Waals surface area contributed by atoms with E-state index in [1.165, 1.54) is 17.3 Å². The Labute approximate surface area is 149 Å². The Bertz CT molecular complexity index is 820. The lowest BCUT2D eigenvalue weighted by atomic mass is 9.39. The standard InChI is InChI=1S/C19H24BN5/c1-13-6-15(9-21)19(24-16-10-23-25(3)11-16)7-18(13)17-4-5-20(12-22)8-14(17)2/h6-7,9-11,14,17,21,24H,4-5,8H2,1-3H3. The largest absolute Gasteiger partial charge is 0.352 e. The maximum atomic E-state index is 9.21. The molecule has 1 saturated heterocycles. The molecule has 6 heteroatoms. The van der Waals surface area contributed by atoms with Gasteiger partial charge in [-0.1, -0.05) is 26.0 Å². The molecule has 0 bridgehead atoms. The number of aryl methyl sites for hydroxylation is 2. The molecule has 1 aromatic heterocycles. The van der Waals surface area contributed by atoms with E-state index in [1.807, 2.05) is 13.2 Å². The molecule has 1 aromatic carbocycles. The van der Waals surface area contributed by atoms with Crippen LogP contribution in [0.4, 0.5) is 11.4 Å². The molecule has 0 aliphatic carbocycles. The van der Waals surface area contributed by atoms with Gasteiger partial charge in [0.1, 0.15) is 0 Å². The highest BCUT2D eigenvalue weighted by atomic mass is 15.3. The monoisotopic (exact) mass is 333 g/mol. The van der Waals surface area contributed by atoms with Gasteiger partial charge in [0.15, 0.2) is 0 Å². The molecule has 25 heavy (non-hydrogen) atoms. The minimum Gasteiger partial charge on any atom is -0.352 e. The van der Waals surface area contributed by atoms with Gasteiger partial charge in [-0.15, -0.1) is 0 Å². The van der Waals surface area contributed by atoms with E-state index in [0.29, 0.717) is 11.8 Å². The second-order valence-electron chi connectivity index (χ2n) is 7.19. The number of anilines is 2. The molecule has 2 unspecified atom stereocenters. The fourth-order valence-electron chi connectivity index (χ4n) is 3.99. The number of hydrogen-bond acceptors (Lipinski definition) is 4. The number of benzene rings is 1. The first-order chi connectivity index (χ1) is 12.0. The van der Waals surface area contributed by atoms with Crippen molar-refractivity contribution in [1.29, 1.82) is 10.7 Å². The molecular formula is C19H24BN5. The lowest BCUT2D eigenvalue weighted by Crippen LogP contribution is -2.26. The maximum Gasteiger partial charge on any atom is 0.268 e. The Morgan fingerprint density at radius 2 is 2.28 bits per heavy atom. The van der Waals surface area contributed by atoms with E-state index in [2.05, 4.69) is 42.4 Å². The van der Waals surface area contributed by atoms with Crippen LogP contribution in [0.25, 0.3) is 0 Å². The van der Waals surface area contributed by atoms with Crippen molar-refractivity contribution in [3.8, 4) is 5.97 Å². The molecule has 128 valence electrons. The Morgan fingerprint density at radius 3 is 2.88 bits per heavy atom. The summed E-state index contributed by atoms with van der Waals surface area (Å²) in [7, 11) is 1.89. The average Bonchev–Trinajstić information content (AvgIpc) is 3.01. The minimum absolute atomic E-state index is 0.195. The van der Waals surface area contributed by atoms with E-state index in [0.717, 1.165) is 36.0 Å². The van der Waals surface area contributed by atoms with Crippen molar-refractivity contribution in [3.63, 3.8) is 0 Å². The van der Waals surface area contributed by atoms with E-state index in [9.17, 15) is 5.26 Å². The molecule has 1 fully saturated rings. The van der Waals surface area contributed by atoms with Gasteiger partial charge in [-0.05, 0) is 42.0 Å². The Morgan fingerprint density at radius 1 is 1.48 bits per heavy atom. The third kappa shape index (κ3) is 3.61. The topological polar surface area (TPSA) is 77.5 Å². The Hall–Kier alpha value is -2.55. The number of aromatic nitrogens is 2. The molecule has 3 rings (SSSR count). The fraction of sp³-hybridized carbons (Fsp3) is 0.421. The first-order valence-corrected chi connectivity index (χ1v) is 8.82. The van der Waals surface area contributed by atoms with Gasteiger partial charge in [-0.3, -0.25) is 4.68 Å². The van der Waals surface area contributed by atoms with Crippen molar-refractivity contribution < 1.29 is 0 Å². The average molecular weight is 333 g/mol. The molecule has 2 atom stereocenters. The van der Waals surface area contributed by atoms with Crippen LogP contribution >= 0.6 is 0 Å². The zero-order chi connectivity index (χ0) is 18.0. The second-order valence-corrected chi connectivity index (χ2v) is 7.19. The molecule has 2 aromatic rings. The number of hydrogen-bond donors (Lipinski definition) is 2. The van der Waals surface area contributed by atoms with E-state index in [-0.39, 0.29) is 6.71 Å². The number of nitrogens with one attached hydrogen (secondary N) is 2. The van der Waals surface area contributed by atoms with Gasteiger partial charge in [0, 0.05) is 36.7 Å². The molecule has 5 nitrogen and oxygen atoms in total. The highest BCUT2D eigenvalue weighted by Gasteiger charge is 2.32. The van der Waals surface area contributed by atoms with Crippen molar-refractivity contribution in [2.45, 2.75) is 38.8 Å². The lowest BCUT2D eigenvalue weighted by Gasteiger charge is -2.32. The normalized spacial score (nSPS) is 20.2. The molecule has 2 N–H and O–H groups in total. The predicted octanol–water partition coefficient (Wildman–Crippen LogP) is 4.15. The summed E-state index contributed by atoms with van der Waals surface area (Å²) in [6.07, 6.45) is 8.10. The minimum atomic E-state index is 0.195. The van der Waals surface area contributed by atoms with Crippen LogP contribution in [0.2, 0.25) is 12.6 Å². The molecular weight excluding hydrogens is 309 g/mol. The van der Waals surface area contributed by atoms with Crippen LogP contribution < -0.4 is 5.32 Å². The van der Waals surface area contributed by atoms with Gasteiger partial charge in [-0.2, -0.15) is 5.10 Å². The summed E-state index contributed by atoms with van der Waals surface area (Å²) in [4.78, 5) is 0. The van der Waals surface area contributed by atoms with E-state index in [4.69, 9.17) is 5.41 Å². The first kappa shape index (κ1) is 17.3. The SMILES string of the molecule is Cc1cc(C=N)c(Nc2cnn(C)c2)cc1C1CCB(C#N)CC1C. The van der Waals surface area contributed by atoms with Crippen LogP contribution in [0, 0.1) is 29.5 Å². The van der Waals surface area contributed by atoms with Crippen LogP contribution in [-0.2, 0) is 7.05 Å². The summed E-state index contributed by atoms with van der Waals surface area (Å²) in [6.45, 7) is 4.58. The zero-order valence-electron chi connectivity index (χ0n) is 15.1. The number of nitriles is 1. The highest BCUT2D eigenvalue weighted by Crippen LogP contribution is 2.41. The third-order valence-electron chi connectivity index (χ3n) is 5.33. The van der Waals surface area contributed by atoms with Gasteiger partial charge < -0.3 is 10.7 Å². The van der Waals surface area contributed by atoms with Gasteiger partial charge in [0.05, 0.1) is 11.9 Å². The van der Waals surface area contributed by atoms with Crippen molar-refractivity contribution in [2.75, 3.05) is 5.32 Å². The molecule has 1 aliphatic heterocycles. The van der Waals surface area contributed by atoms with Crippen LogP contribution in [0.5, 0.6) is 0 Å². The predicted molar refractivity (Wildman–Crippen MR) is 103 cm³/mol. The summed E-state index contributed by atoms with van der Waals surface area (Å²) in [6, 6.07) is 4.28. The van der Waals surface area contributed by atoms with Crippen molar-refractivity contribution in [2.24, 2.45) is 13.0 Å². The van der Waals surface area contributed by atoms with Crippen LogP contribution in [0.15, 0.2) is 24.5 Å². The summed E-state index contributed by atoms with van der Waals surface area (Å²) in [5.74, 6) is 3.40. The van der Waals surface area contributed by atoms with Gasteiger partial charge >= 0.3 is 0 Å². The lowest BCUT2D eigenvalue weighted by molar-refractivity contribution is 0.460. The smallest absolute Gasteiger partial charge is 0.268 e. The van der Waals surface area contributed by atoms with Gasteiger partial charge in [0.2, 0.25) is 0 Å². The quantitative estimate of drug-likeness (QED) is 0.652. The molecule has 0 radical (unpaired) electrons. The second kappa shape index (κ2) is 7.14. The first-order valence-electron chi connectivity index (χ1n) is 8.82. The molecule has 2 heterocycles. The van der Waals surface area contributed by atoms with Crippen LogP contribution in [-0.4, -0.2) is 22.7 Å². The summed E-state index contributed by atoms with van der Waals surface area (Å²) in [5.41, 5.74) is 5.30. The number of rotatable bonds is 4. The molecule has 0 spiro atoms. The third-order valence-corrected chi connectivity index (χ3v) is 5.33. The van der Waals surface area contributed by atoms with Gasteiger partial charge in [0.25, 0.3) is 6.71 Å². The van der Waals surface area contributed by atoms with Gasteiger partial charge in [-0.25, -0.2) is 5.26 Å². The number of nitrogens with zero attached hydrogens (tertiary/aromatic N) is 3. The maximum absolute atomic E-state index is 9.21. The fourth-order valence-corrected chi connectivity index (χ4v) is 3.99. The summed E-state index contributed by atoms with van der Waals surface area (Å²) in [5, 5.41) is 24.5.